The number of carbonyl (C=O) groups excluding carboxylic acids is 2. The van der Waals surface area contributed by atoms with Gasteiger partial charge >= 0.3 is 5.97 Å². The second kappa shape index (κ2) is 8.11. The van der Waals surface area contributed by atoms with Gasteiger partial charge in [-0.3, -0.25) is 4.79 Å². The van der Waals surface area contributed by atoms with E-state index in [0.717, 1.165) is 0 Å². The Morgan fingerprint density at radius 3 is 2.72 bits per heavy atom. The van der Waals surface area contributed by atoms with Crippen molar-refractivity contribution in [2.75, 3.05) is 20.7 Å². The summed E-state index contributed by atoms with van der Waals surface area (Å²) in [4.78, 5) is 25.9. The van der Waals surface area contributed by atoms with Crippen LogP contribution in [0.3, 0.4) is 0 Å². The van der Waals surface area contributed by atoms with Crippen LogP contribution in [0.1, 0.15) is 41.1 Å². The molecule has 2 N–H and O–H groups in total. The molecule has 32 heavy (non-hydrogen) atoms. The Bertz CT molecular complexity index is 1280. The van der Waals surface area contributed by atoms with Gasteiger partial charge in [0.2, 0.25) is 5.60 Å². The number of aliphatic hydroxyl groups excluding tert-OH is 1. The molecule has 1 aliphatic heterocycles. The summed E-state index contributed by atoms with van der Waals surface area (Å²) in [5, 5.41) is 25.5. The molecule has 2 heterocycles. The number of esters is 1. The molecule has 1 aromatic heterocycles. The minimum Gasteiger partial charge on any atom is -0.464 e. The van der Waals surface area contributed by atoms with Crippen LogP contribution in [0.25, 0.3) is 16.6 Å². The van der Waals surface area contributed by atoms with E-state index < -0.39 is 23.6 Å². The van der Waals surface area contributed by atoms with Gasteiger partial charge < -0.3 is 19.8 Å². The van der Waals surface area contributed by atoms with E-state index >= 15 is 0 Å². The second-order valence-electron chi connectivity index (χ2n) is 7.84. The van der Waals surface area contributed by atoms with E-state index in [2.05, 4.69) is 16.9 Å². The number of hydrogen-bond donors (Lipinski definition) is 2. The quantitative estimate of drug-likeness (QED) is 0.482. The molecule has 0 radical (unpaired) electrons. The Kier molecular flexibility index (Phi) is 5.46. The highest BCUT2D eigenvalue weighted by atomic mass is 16.5. The lowest BCUT2D eigenvalue weighted by Crippen LogP contribution is -2.37. The molecule has 4 rings (SSSR count). The number of carbonyl (C=O) groups is 2. The number of hydrogen-bond acceptors (Lipinski definition) is 6. The Balaban J connectivity index is 1.78. The number of likely N-dealkylation sites (tertiary alicyclic amines) is 1. The highest BCUT2D eigenvalue weighted by Crippen LogP contribution is 2.27. The number of rotatable bonds is 3. The number of fused-ring (bicyclic) bond motifs is 1. The van der Waals surface area contributed by atoms with E-state index in [9.17, 15) is 19.8 Å². The van der Waals surface area contributed by atoms with Gasteiger partial charge in [-0.2, -0.15) is 5.10 Å². The molecule has 0 bridgehead atoms. The molecule has 0 spiro atoms. The van der Waals surface area contributed by atoms with Gasteiger partial charge in [0.05, 0.1) is 24.4 Å². The Morgan fingerprint density at radius 2 is 2.06 bits per heavy atom. The summed E-state index contributed by atoms with van der Waals surface area (Å²) < 4.78 is 6.48. The summed E-state index contributed by atoms with van der Waals surface area (Å²) in [6, 6.07) is 12.4. The van der Waals surface area contributed by atoms with Gasteiger partial charge in [-0.1, -0.05) is 24.0 Å². The van der Waals surface area contributed by atoms with Gasteiger partial charge in [0, 0.05) is 31.0 Å². The Hall–Kier alpha value is -3.67. The molecular weight excluding hydrogens is 410 g/mol. The maximum absolute atomic E-state index is 12.3. The molecule has 2 aromatic carbocycles. The normalized spacial score (nSPS) is 19.0. The standard InChI is InChI=1S/C24H23N3O5/c1-15(28)17-7-8-20-19(14-17)21(22(29)32-3)25-27(20)18-6-4-5-16(13-18)9-10-24(31)11-12-26(2)23(24)30/h4-8,13-15,28,31H,11-12H2,1-3H3/t15?,24-/m0/s1. The van der Waals surface area contributed by atoms with E-state index in [0.29, 0.717) is 34.3 Å². The molecule has 1 fully saturated rings. The molecular formula is C24H23N3O5. The van der Waals surface area contributed by atoms with Crippen molar-refractivity contribution in [3.8, 4) is 17.5 Å². The largest absolute Gasteiger partial charge is 0.464 e. The van der Waals surface area contributed by atoms with Crippen LogP contribution in [0.5, 0.6) is 0 Å². The van der Waals surface area contributed by atoms with Crippen LogP contribution >= 0.6 is 0 Å². The molecule has 164 valence electrons. The Labute approximate surface area is 185 Å². The van der Waals surface area contributed by atoms with Gasteiger partial charge in [0.1, 0.15) is 0 Å². The summed E-state index contributed by atoms with van der Waals surface area (Å²) in [6.07, 6.45) is -0.442. The minimum atomic E-state index is -1.68. The van der Waals surface area contributed by atoms with Crippen molar-refractivity contribution in [1.82, 2.24) is 14.7 Å². The smallest absolute Gasteiger partial charge is 0.359 e. The van der Waals surface area contributed by atoms with Crippen molar-refractivity contribution < 1.29 is 24.5 Å². The number of likely N-dealkylation sites (N-methyl/N-ethyl adjacent to an activating group) is 1. The van der Waals surface area contributed by atoms with Gasteiger partial charge in [-0.25, -0.2) is 9.48 Å². The lowest BCUT2D eigenvalue weighted by Gasteiger charge is -2.13. The summed E-state index contributed by atoms with van der Waals surface area (Å²) >= 11 is 0. The zero-order valence-corrected chi connectivity index (χ0v) is 18.0. The van der Waals surface area contributed by atoms with Crippen molar-refractivity contribution in [3.05, 3.63) is 59.3 Å². The summed E-state index contributed by atoms with van der Waals surface area (Å²) in [5.41, 5.74) is 0.993. The first-order valence-corrected chi connectivity index (χ1v) is 10.1. The van der Waals surface area contributed by atoms with Gasteiger partial charge in [0.25, 0.3) is 5.91 Å². The first kappa shape index (κ1) is 21.6. The lowest BCUT2D eigenvalue weighted by molar-refractivity contribution is -0.137. The van der Waals surface area contributed by atoms with Crippen LogP contribution in [-0.4, -0.2) is 63.1 Å². The van der Waals surface area contributed by atoms with Crippen LogP contribution in [0.4, 0.5) is 0 Å². The third-order valence-corrected chi connectivity index (χ3v) is 5.58. The minimum absolute atomic E-state index is 0.135. The van der Waals surface area contributed by atoms with Crippen LogP contribution in [0.2, 0.25) is 0 Å². The van der Waals surface area contributed by atoms with Crippen LogP contribution in [0, 0.1) is 11.8 Å². The maximum atomic E-state index is 12.3. The second-order valence-corrected chi connectivity index (χ2v) is 7.84. The van der Waals surface area contributed by atoms with Crippen molar-refractivity contribution in [3.63, 3.8) is 0 Å². The number of ether oxygens (including phenoxy) is 1. The fourth-order valence-corrected chi connectivity index (χ4v) is 3.70. The topological polar surface area (TPSA) is 105 Å². The zero-order valence-electron chi connectivity index (χ0n) is 18.0. The van der Waals surface area contributed by atoms with Gasteiger partial charge in [-0.15, -0.1) is 0 Å². The molecule has 0 aliphatic carbocycles. The molecule has 1 saturated heterocycles. The fraction of sp³-hybridized carbons (Fsp3) is 0.292. The molecule has 0 saturated carbocycles. The molecule has 8 nitrogen and oxygen atoms in total. The lowest BCUT2D eigenvalue weighted by atomic mass is 10.0. The SMILES string of the molecule is COC(=O)c1nn(-c2cccc(C#C[C@]3(O)CCN(C)C3=O)c2)c2ccc(C(C)O)cc12. The highest BCUT2D eigenvalue weighted by molar-refractivity contribution is 6.02. The van der Waals surface area contributed by atoms with E-state index in [1.807, 2.05) is 6.07 Å². The first-order chi connectivity index (χ1) is 15.2. The molecule has 3 aromatic rings. The number of methoxy groups -OCH3 is 1. The highest BCUT2D eigenvalue weighted by Gasteiger charge is 2.42. The van der Waals surface area contributed by atoms with Crippen molar-refractivity contribution >= 4 is 22.8 Å². The molecule has 2 atom stereocenters. The number of aliphatic hydroxyl groups is 2. The summed E-state index contributed by atoms with van der Waals surface area (Å²) in [7, 11) is 2.92. The zero-order chi connectivity index (χ0) is 23.0. The number of aromatic nitrogens is 2. The van der Waals surface area contributed by atoms with Crippen molar-refractivity contribution in [2.45, 2.75) is 25.0 Å². The van der Waals surface area contributed by atoms with E-state index in [-0.39, 0.29) is 12.1 Å². The molecule has 1 aliphatic rings. The van der Waals surface area contributed by atoms with E-state index in [1.165, 1.54) is 12.0 Å². The third-order valence-electron chi connectivity index (χ3n) is 5.58. The Morgan fingerprint density at radius 1 is 1.28 bits per heavy atom. The predicted octanol–water partition coefficient (Wildman–Crippen LogP) is 1.81. The molecule has 1 unspecified atom stereocenters. The van der Waals surface area contributed by atoms with Crippen LogP contribution in [-0.2, 0) is 9.53 Å². The monoisotopic (exact) mass is 433 g/mol. The van der Waals surface area contributed by atoms with E-state index in [1.54, 1.807) is 55.1 Å². The fourth-order valence-electron chi connectivity index (χ4n) is 3.70. The predicted molar refractivity (Wildman–Crippen MR) is 117 cm³/mol. The van der Waals surface area contributed by atoms with Crippen LogP contribution in [0.15, 0.2) is 42.5 Å². The van der Waals surface area contributed by atoms with Gasteiger partial charge in [-0.05, 0) is 42.8 Å². The van der Waals surface area contributed by atoms with Crippen LogP contribution < -0.4 is 0 Å². The first-order valence-electron chi connectivity index (χ1n) is 10.1. The maximum Gasteiger partial charge on any atom is 0.359 e. The number of amides is 1. The summed E-state index contributed by atoms with van der Waals surface area (Å²) in [6.45, 7) is 2.10. The molecule has 1 amide bonds. The molecule has 8 heteroatoms. The number of benzene rings is 2. The summed E-state index contributed by atoms with van der Waals surface area (Å²) in [5.74, 6) is 4.60. The van der Waals surface area contributed by atoms with Crippen molar-refractivity contribution in [2.24, 2.45) is 0 Å². The van der Waals surface area contributed by atoms with Crippen molar-refractivity contribution in [1.29, 1.82) is 0 Å². The third kappa shape index (κ3) is 3.73. The average molecular weight is 433 g/mol. The van der Waals surface area contributed by atoms with E-state index in [4.69, 9.17) is 4.74 Å². The van der Waals surface area contributed by atoms with Gasteiger partial charge in [0.15, 0.2) is 5.69 Å². The average Bonchev–Trinajstić information content (AvgIpc) is 3.30. The number of nitrogens with zero attached hydrogens (tertiary/aromatic N) is 3.